The van der Waals surface area contributed by atoms with E-state index in [0.717, 1.165) is 5.56 Å². The summed E-state index contributed by atoms with van der Waals surface area (Å²) in [6.45, 7) is 4.03. The van der Waals surface area contributed by atoms with E-state index in [-0.39, 0.29) is 12.1 Å². The van der Waals surface area contributed by atoms with E-state index in [9.17, 15) is 4.39 Å². The molecule has 0 heterocycles. The summed E-state index contributed by atoms with van der Waals surface area (Å²) in [6, 6.07) is 14.4. The zero-order valence-corrected chi connectivity index (χ0v) is 10.1. The molecule has 0 saturated heterocycles. The SMILES string of the molecule is CC1(C)c2ccccc2-c2ccc(CF)cc21. The Labute approximate surface area is 101 Å². The Morgan fingerprint density at radius 2 is 1.65 bits per heavy atom. The van der Waals surface area contributed by atoms with Gasteiger partial charge in [-0.2, -0.15) is 0 Å². The highest BCUT2D eigenvalue weighted by molar-refractivity contribution is 5.80. The number of halogens is 1. The molecule has 0 aliphatic heterocycles. The van der Waals surface area contributed by atoms with E-state index < -0.39 is 0 Å². The normalized spacial score (nSPS) is 15.5. The van der Waals surface area contributed by atoms with Crippen molar-refractivity contribution < 1.29 is 4.39 Å². The number of rotatable bonds is 1. The minimum atomic E-state index is -0.389. The van der Waals surface area contributed by atoms with Crippen molar-refractivity contribution in [2.45, 2.75) is 25.9 Å². The summed E-state index contributed by atoms with van der Waals surface area (Å²) < 4.78 is 12.8. The molecule has 0 atom stereocenters. The van der Waals surface area contributed by atoms with Gasteiger partial charge in [0.2, 0.25) is 0 Å². The molecule has 0 unspecified atom stereocenters. The van der Waals surface area contributed by atoms with Gasteiger partial charge in [-0.3, -0.25) is 0 Å². The third kappa shape index (κ3) is 1.35. The van der Waals surface area contributed by atoms with Gasteiger partial charge in [0.25, 0.3) is 0 Å². The highest BCUT2D eigenvalue weighted by Gasteiger charge is 2.34. The van der Waals surface area contributed by atoms with Crippen LogP contribution in [0.4, 0.5) is 4.39 Å². The van der Waals surface area contributed by atoms with Crippen LogP contribution in [0.5, 0.6) is 0 Å². The van der Waals surface area contributed by atoms with Crippen molar-refractivity contribution in [1.82, 2.24) is 0 Å². The lowest BCUT2D eigenvalue weighted by molar-refractivity contribution is 0.484. The van der Waals surface area contributed by atoms with E-state index in [0.29, 0.717) is 0 Å². The third-order valence-corrected chi connectivity index (χ3v) is 3.80. The number of benzene rings is 2. The predicted octanol–water partition coefficient (Wildman–Crippen LogP) is 4.46. The molecule has 3 rings (SSSR count). The second kappa shape index (κ2) is 3.43. The minimum Gasteiger partial charge on any atom is -0.246 e. The first-order chi connectivity index (χ1) is 8.14. The minimum absolute atomic E-state index is 0.0168. The first-order valence-electron chi connectivity index (χ1n) is 5.94. The standard InChI is InChI=1S/C16H15F/c1-16(2)14-6-4-3-5-12(14)13-8-7-11(10-17)9-15(13)16/h3-9H,10H2,1-2H3. The summed E-state index contributed by atoms with van der Waals surface area (Å²) >= 11 is 0. The third-order valence-electron chi connectivity index (χ3n) is 3.80. The van der Waals surface area contributed by atoms with Crippen molar-refractivity contribution in [2.75, 3.05) is 0 Å². The Morgan fingerprint density at radius 1 is 0.941 bits per heavy atom. The molecular formula is C16H15F. The lowest BCUT2D eigenvalue weighted by Gasteiger charge is -2.21. The number of alkyl halides is 1. The maximum absolute atomic E-state index is 12.8. The molecular weight excluding hydrogens is 211 g/mol. The Kier molecular flexibility index (Phi) is 2.12. The van der Waals surface area contributed by atoms with Gasteiger partial charge in [0.15, 0.2) is 0 Å². The molecule has 0 spiro atoms. The molecule has 17 heavy (non-hydrogen) atoms. The largest absolute Gasteiger partial charge is 0.246 e. The summed E-state index contributed by atoms with van der Waals surface area (Å²) in [5, 5.41) is 0. The van der Waals surface area contributed by atoms with Crippen LogP contribution in [0.25, 0.3) is 11.1 Å². The van der Waals surface area contributed by atoms with Crippen LogP contribution >= 0.6 is 0 Å². The van der Waals surface area contributed by atoms with E-state index in [1.807, 2.05) is 12.1 Å². The molecule has 86 valence electrons. The Morgan fingerprint density at radius 3 is 2.41 bits per heavy atom. The van der Waals surface area contributed by atoms with Gasteiger partial charge in [-0.25, -0.2) is 4.39 Å². The van der Waals surface area contributed by atoms with Gasteiger partial charge in [0.1, 0.15) is 6.67 Å². The summed E-state index contributed by atoms with van der Waals surface area (Å²) in [4.78, 5) is 0. The molecule has 0 fully saturated rings. The van der Waals surface area contributed by atoms with Crippen molar-refractivity contribution in [3.8, 4) is 11.1 Å². The summed E-state index contributed by atoms with van der Waals surface area (Å²) in [6.07, 6.45) is 0. The number of hydrogen-bond acceptors (Lipinski definition) is 0. The molecule has 2 aromatic rings. The zero-order valence-electron chi connectivity index (χ0n) is 10.1. The molecule has 0 aromatic heterocycles. The molecule has 0 saturated carbocycles. The zero-order chi connectivity index (χ0) is 12.0. The molecule has 0 radical (unpaired) electrons. The average molecular weight is 226 g/mol. The molecule has 0 nitrogen and oxygen atoms in total. The van der Waals surface area contributed by atoms with Gasteiger partial charge in [0, 0.05) is 5.41 Å². The first-order valence-corrected chi connectivity index (χ1v) is 5.94. The molecule has 1 aliphatic rings. The lowest BCUT2D eigenvalue weighted by Crippen LogP contribution is -2.15. The van der Waals surface area contributed by atoms with Crippen molar-refractivity contribution >= 4 is 0 Å². The van der Waals surface area contributed by atoms with Gasteiger partial charge in [-0.1, -0.05) is 56.3 Å². The van der Waals surface area contributed by atoms with Crippen LogP contribution in [0.2, 0.25) is 0 Å². The van der Waals surface area contributed by atoms with Crippen LogP contribution in [0.3, 0.4) is 0 Å². The molecule has 0 N–H and O–H groups in total. The number of fused-ring (bicyclic) bond motifs is 3. The Bertz CT molecular complexity index is 582. The van der Waals surface area contributed by atoms with Gasteiger partial charge in [-0.05, 0) is 27.8 Å². The molecule has 0 bridgehead atoms. The smallest absolute Gasteiger partial charge is 0.115 e. The van der Waals surface area contributed by atoms with Crippen molar-refractivity contribution in [3.63, 3.8) is 0 Å². The van der Waals surface area contributed by atoms with Gasteiger partial charge in [0.05, 0.1) is 0 Å². The number of hydrogen-bond donors (Lipinski definition) is 0. The Balaban J connectivity index is 2.32. The fourth-order valence-corrected chi connectivity index (χ4v) is 2.83. The van der Waals surface area contributed by atoms with E-state index in [2.05, 4.69) is 44.2 Å². The first kappa shape index (κ1) is 10.5. The van der Waals surface area contributed by atoms with Crippen LogP contribution < -0.4 is 0 Å². The van der Waals surface area contributed by atoms with Crippen molar-refractivity contribution in [3.05, 3.63) is 59.2 Å². The lowest BCUT2D eigenvalue weighted by atomic mass is 9.82. The van der Waals surface area contributed by atoms with Crippen LogP contribution in [0.15, 0.2) is 42.5 Å². The van der Waals surface area contributed by atoms with E-state index >= 15 is 0 Å². The highest BCUT2D eigenvalue weighted by Crippen LogP contribution is 2.48. The summed E-state index contributed by atoms with van der Waals surface area (Å²) in [5.41, 5.74) is 5.88. The maximum Gasteiger partial charge on any atom is 0.115 e. The quantitative estimate of drug-likeness (QED) is 0.673. The second-order valence-corrected chi connectivity index (χ2v) is 5.18. The van der Waals surface area contributed by atoms with E-state index in [1.165, 1.54) is 22.3 Å². The van der Waals surface area contributed by atoms with E-state index in [4.69, 9.17) is 0 Å². The Hall–Kier alpha value is -1.63. The second-order valence-electron chi connectivity index (χ2n) is 5.18. The van der Waals surface area contributed by atoms with Crippen molar-refractivity contribution in [1.29, 1.82) is 0 Å². The molecule has 1 aliphatic carbocycles. The van der Waals surface area contributed by atoms with Crippen LogP contribution in [-0.2, 0) is 12.1 Å². The summed E-state index contributed by atoms with van der Waals surface area (Å²) in [7, 11) is 0. The fraction of sp³-hybridized carbons (Fsp3) is 0.250. The van der Waals surface area contributed by atoms with Gasteiger partial charge < -0.3 is 0 Å². The van der Waals surface area contributed by atoms with Crippen LogP contribution in [-0.4, -0.2) is 0 Å². The average Bonchev–Trinajstić information content (AvgIpc) is 2.59. The molecule has 0 amide bonds. The fourth-order valence-electron chi connectivity index (χ4n) is 2.83. The van der Waals surface area contributed by atoms with Gasteiger partial charge in [-0.15, -0.1) is 0 Å². The van der Waals surface area contributed by atoms with Gasteiger partial charge >= 0.3 is 0 Å². The highest BCUT2D eigenvalue weighted by atomic mass is 19.1. The van der Waals surface area contributed by atoms with E-state index in [1.54, 1.807) is 0 Å². The molecule has 1 heteroatoms. The monoisotopic (exact) mass is 226 g/mol. The van der Waals surface area contributed by atoms with Crippen LogP contribution in [0.1, 0.15) is 30.5 Å². The van der Waals surface area contributed by atoms with Crippen LogP contribution in [0, 0.1) is 0 Å². The van der Waals surface area contributed by atoms with Crippen molar-refractivity contribution in [2.24, 2.45) is 0 Å². The topological polar surface area (TPSA) is 0 Å². The molecule has 2 aromatic carbocycles. The maximum atomic E-state index is 12.8. The predicted molar refractivity (Wildman–Crippen MR) is 68.8 cm³/mol. The summed E-state index contributed by atoms with van der Waals surface area (Å²) in [5.74, 6) is 0.